The predicted molar refractivity (Wildman–Crippen MR) is 43.5 cm³/mol. The second kappa shape index (κ2) is 4.24. The van der Waals surface area contributed by atoms with Crippen molar-refractivity contribution < 1.29 is 27.6 Å². The molecule has 0 aliphatic rings. The fraction of sp³-hybridized carbons (Fsp3) is 0.500. The molecule has 0 aromatic rings. The van der Waals surface area contributed by atoms with Crippen LogP contribution in [0.25, 0.3) is 0 Å². The van der Waals surface area contributed by atoms with E-state index in [9.17, 15) is 13.2 Å². The molecule has 0 aliphatic carbocycles. The Hall–Kier alpha value is -1.08. The van der Waals surface area contributed by atoms with Gasteiger partial charge in [-0.3, -0.25) is 4.55 Å². The Morgan fingerprint density at radius 2 is 1.92 bits per heavy atom. The highest BCUT2D eigenvalue weighted by atomic mass is 32.2. The van der Waals surface area contributed by atoms with Gasteiger partial charge in [-0.05, 0) is 13.8 Å². The van der Waals surface area contributed by atoms with Crippen LogP contribution in [0.3, 0.4) is 0 Å². The van der Waals surface area contributed by atoms with Gasteiger partial charge in [0, 0.05) is 0 Å². The highest BCUT2D eigenvalue weighted by molar-refractivity contribution is 7.89. The lowest BCUT2D eigenvalue weighted by Gasteiger charge is -2.06. The predicted octanol–water partition coefficient (Wildman–Crippen LogP) is 0.227. The molecule has 13 heavy (non-hydrogen) atoms. The average molecular weight is 210 g/mol. The van der Waals surface area contributed by atoms with Crippen LogP contribution in [0.5, 0.6) is 0 Å². The SMILES string of the molecule is CCOC(=C(C)C(=O)O)S(=O)(=O)O. The summed E-state index contributed by atoms with van der Waals surface area (Å²) in [6.07, 6.45) is 0. The summed E-state index contributed by atoms with van der Waals surface area (Å²) in [5.41, 5.74) is -0.552. The summed E-state index contributed by atoms with van der Waals surface area (Å²) in [5, 5.41) is 7.51. The Kier molecular flexibility index (Phi) is 3.89. The van der Waals surface area contributed by atoms with Gasteiger partial charge in [0.15, 0.2) is 0 Å². The summed E-state index contributed by atoms with van der Waals surface area (Å²) in [6, 6.07) is 0. The third-order valence-corrected chi connectivity index (χ3v) is 2.03. The first-order valence-electron chi connectivity index (χ1n) is 3.35. The van der Waals surface area contributed by atoms with Gasteiger partial charge >= 0.3 is 16.1 Å². The Labute approximate surface area is 75.6 Å². The molecule has 2 N–H and O–H groups in total. The summed E-state index contributed by atoms with van der Waals surface area (Å²) in [4.78, 5) is 10.3. The fourth-order valence-electron chi connectivity index (χ4n) is 0.595. The lowest BCUT2D eigenvalue weighted by Crippen LogP contribution is -2.12. The Bertz CT molecular complexity index is 325. The van der Waals surface area contributed by atoms with Crippen LogP contribution < -0.4 is 0 Å². The van der Waals surface area contributed by atoms with Gasteiger partial charge in [-0.2, -0.15) is 8.42 Å². The topological polar surface area (TPSA) is 101 Å². The molecule has 0 spiro atoms. The van der Waals surface area contributed by atoms with E-state index < -0.39 is 26.8 Å². The van der Waals surface area contributed by atoms with E-state index in [0.29, 0.717) is 0 Å². The molecule has 0 unspecified atom stereocenters. The highest BCUT2D eigenvalue weighted by Crippen LogP contribution is 2.12. The second-order valence-corrected chi connectivity index (χ2v) is 3.45. The number of ether oxygens (including phenoxy) is 1. The van der Waals surface area contributed by atoms with Crippen LogP contribution in [0, 0.1) is 0 Å². The van der Waals surface area contributed by atoms with Crippen molar-refractivity contribution in [3.63, 3.8) is 0 Å². The monoisotopic (exact) mass is 210 g/mol. The minimum atomic E-state index is -4.59. The van der Waals surface area contributed by atoms with Crippen molar-refractivity contribution in [1.29, 1.82) is 0 Å². The molecule has 0 aliphatic heterocycles. The van der Waals surface area contributed by atoms with E-state index in [1.54, 1.807) is 0 Å². The summed E-state index contributed by atoms with van der Waals surface area (Å²) in [7, 11) is -4.59. The minimum absolute atomic E-state index is 0.0419. The number of hydrogen-bond acceptors (Lipinski definition) is 4. The molecule has 0 radical (unpaired) electrons. The molecular formula is C6H10O6S. The van der Waals surface area contributed by atoms with Gasteiger partial charge in [-0.1, -0.05) is 0 Å². The molecule has 6 nitrogen and oxygen atoms in total. The lowest BCUT2D eigenvalue weighted by atomic mass is 10.3. The van der Waals surface area contributed by atoms with Crippen LogP contribution in [-0.2, 0) is 19.6 Å². The molecule has 0 amide bonds. The molecule has 0 saturated heterocycles. The van der Waals surface area contributed by atoms with Crippen LogP contribution in [0.15, 0.2) is 10.7 Å². The second-order valence-electron chi connectivity index (χ2n) is 2.13. The summed E-state index contributed by atoms with van der Waals surface area (Å²) < 4.78 is 34.2. The van der Waals surface area contributed by atoms with E-state index >= 15 is 0 Å². The first-order valence-corrected chi connectivity index (χ1v) is 4.79. The zero-order chi connectivity index (χ0) is 10.6. The van der Waals surface area contributed by atoms with Crippen molar-refractivity contribution in [1.82, 2.24) is 0 Å². The maximum absolute atomic E-state index is 10.6. The third kappa shape index (κ3) is 3.43. The Morgan fingerprint density at radius 1 is 1.46 bits per heavy atom. The van der Waals surface area contributed by atoms with Gasteiger partial charge in [-0.15, -0.1) is 0 Å². The molecule has 0 aromatic carbocycles. The lowest BCUT2D eigenvalue weighted by molar-refractivity contribution is -0.132. The van der Waals surface area contributed by atoms with Gasteiger partial charge in [0.1, 0.15) is 0 Å². The highest BCUT2D eigenvalue weighted by Gasteiger charge is 2.22. The molecule has 0 bridgehead atoms. The molecule has 0 rings (SSSR count). The van der Waals surface area contributed by atoms with Crippen molar-refractivity contribution in [2.45, 2.75) is 13.8 Å². The van der Waals surface area contributed by atoms with Crippen molar-refractivity contribution in [3.05, 3.63) is 10.7 Å². The number of aliphatic carboxylic acids is 1. The van der Waals surface area contributed by atoms with Crippen molar-refractivity contribution in [2.24, 2.45) is 0 Å². The van der Waals surface area contributed by atoms with Crippen LogP contribution >= 0.6 is 0 Å². The zero-order valence-electron chi connectivity index (χ0n) is 7.14. The Balaban J connectivity index is 5.26. The molecule has 0 fully saturated rings. The molecule has 0 heterocycles. The molecule has 7 heteroatoms. The van der Waals surface area contributed by atoms with E-state index in [1.807, 2.05) is 0 Å². The smallest absolute Gasteiger partial charge is 0.335 e. The average Bonchev–Trinajstić information content (AvgIpc) is 1.96. The first-order chi connectivity index (χ1) is 5.80. The van der Waals surface area contributed by atoms with E-state index in [0.717, 1.165) is 6.92 Å². The molecule has 76 valence electrons. The summed E-state index contributed by atoms with van der Waals surface area (Å²) >= 11 is 0. The van der Waals surface area contributed by atoms with E-state index in [-0.39, 0.29) is 6.61 Å². The van der Waals surface area contributed by atoms with Gasteiger partial charge in [0.2, 0.25) is 5.09 Å². The first kappa shape index (κ1) is 11.9. The van der Waals surface area contributed by atoms with E-state index in [2.05, 4.69) is 4.74 Å². The van der Waals surface area contributed by atoms with Gasteiger partial charge in [-0.25, -0.2) is 4.79 Å². The van der Waals surface area contributed by atoms with Gasteiger partial charge < -0.3 is 9.84 Å². The standard InChI is InChI=1S/C6H10O6S/c1-3-12-6(13(9,10)11)4(2)5(7)8/h3H2,1-2H3,(H,7,8)(H,9,10,11). The molecule has 0 aromatic heterocycles. The van der Waals surface area contributed by atoms with Gasteiger partial charge in [0.05, 0.1) is 12.2 Å². The Morgan fingerprint density at radius 3 is 2.15 bits per heavy atom. The van der Waals surface area contributed by atoms with Crippen LogP contribution in [0.1, 0.15) is 13.8 Å². The van der Waals surface area contributed by atoms with Crippen molar-refractivity contribution in [2.75, 3.05) is 6.61 Å². The summed E-state index contributed by atoms with van der Waals surface area (Å²) in [5.74, 6) is -1.46. The van der Waals surface area contributed by atoms with E-state index in [1.165, 1.54) is 6.92 Å². The number of carboxylic acid groups (broad SMARTS) is 1. The quantitative estimate of drug-likeness (QED) is 0.391. The number of carbonyl (C=O) groups is 1. The zero-order valence-corrected chi connectivity index (χ0v) is 7.96. The molecule has 0 saturated carbocycles. The largest absolute Gasteiger partial charge is 0.481 e. The van der Waals surface area contributed by atoms with Crippen molar-refractivity contribution in [3.8, 4) is 0 Å². The van der Waals surface area contributed by atoms with E-state index in [4.69, 9.17) is 9.66 Å². The maximum atomic E-state index is 10.6. The number of carboxylic acids is 1. The minimum Gasteiger partial charge on any atom is -0.481 e. The van der Waals surface area contributed by atoms with Gasteiger partial charge in [0.25, 0.3) is 0 Å². The van der Waals surface area contributed by atoms with Crippen LogP contribution in [0.4, 0.5) is 0 Å². The van der Waals surface area contributed by atoms with Crippen LogP contribution in [0.2, 0.25) is 0 Å². The fourth-order valence-corrected chi connectivity index (χ4v) is 1.34. The van der Waals surface area contributed by atoms with Crippen LogP contribution in [-0.4, -0.2) is 30.7 Å². The number of hydrogen-bond donors (Lipinski definition) is 2. The molecular weight excluding hydrogens is 200 g/mol. The third-order valence-electron chi connectivity index (χ3n) is 1.14. The molecule has 0 atom stereocenters. The maximum Gasteiger partial charge on any atom is 0.335 e. The van der Waals surface area contributed by atoms with Crippen molar-refractivity contribution >= 4 is 16.1 Å². The summed E-state index contributed by atoms with van der Waals surface area (Å²) in [6.45, 7) is 2.46. The normalized spacial score (nSPS) is 13.5. The number of rotatable bonds is 4.